The lowest BCUT2D eigenvalue weighted by molar-refractivity contribution is 0.0962. The van der Waals surface area contributed by atoms with Crippen molar-refractivity contribution >= 4 is 6.08 Å². The molecular weight excluding hydrogens is 280 g/mol. The van der Waals surface area contributed by atoms with Gasteiger partial charge in [-0.1, -0.05) is 42.3 Å². The Bertz CT molecular complexity index is 549. The first-order chi connectivity index (χ1) is 11.4. The smallest absolute Gasteiger partial charge is 0.0196 e. The summed E-state index contributed by atoms with van der Waals surface area (Å²) in [7, 11) is 0. The molecule has 0 N–H and O–H groups in total. The SMILES string of the molecule is C1=C(CN2CCC(N3CCCCC3)CC2)CCc2ccccc21. The van der Waals surface area contributed by atoms with Crippen molar-refractivity contribution in [3.8, 4) is 0 Å². The first-order valence-electron chi connectivity index (χ1n) is 9.62. The molecule has 23 heavy (non-hydrogen) atoms. The number of benzene rings is 1. The van der Waals surface area contributed by atoms with Crippen LogP contribution >= 0.6 is 0 Å². The number of hydrogen-bond acceptors (Lipinski definition) is 2. The van der Waals surface area contributed by atoms with Gasteiger partial charge in [0.2, 0.25) is 0 Å². The van der Waals surface area contributed by atoms with Gasteiger partial charge in [-0.3, -0.25) is 4.90 Å². The second kappa shape index (κ2) is 7.19. The van der Waals surface area contributed by atoms with Gasteiger partial charge in [-0.25, -0.2) is 0 Å². The normalized spacial score (nSPS) is 24.3. The Morgan fingerprint density at radius 3 is 2.48 bits per heavy atom. The van der Waals surface area contributed by atoms with Gasteiger partial charge in [0.1, 0.15) is 0 Å². The van der Waals surface area contributed by atoms with Crippen LogP contribution in [0.25, 0.3) is 6.08 Å². The highest BCUT2D eigenvalue weighted by atomic mass is 15.2. The molecule has 1 aromatic rings. The quantitative estimate of drug-likeness (QED) is 0.833. The molecule has 0 atom stereocenters. The zero-order chi connectivity index (χ0) is 15.5. The Kier molecular flexibility index (Phi) is 4.82. The lowest BCUT2D eigenvalue weighted by atomic mass is 9.91. The number of rotatable bonds is 3. The van der Waals surface area contributed by atoms with Gasteiger partial charge in [-0.15, -0.1) is 0 Å². The fraction of sp³-hybridized carbons (Fsp3) is 0.619. The topological polar surface area (TPSA) is 6.48 Å². The van der Waals surface area contributed by atoms with E-state index in [-0.39, 0.29) is 0 Å². The summed E-state index contributed by atoms with van der Waals surface area (Å²) >= 11 is 0. The number of hydrogen-bond donors (Lipinski definition) is 0. The molecule has 2 saturated heterocycles. The van der Waals surface area contributed by atoms with Crippen molar-refractivity contribution in [3.63, 3.8) is 0 Å². The van der Waals surface area contributed by atoms with Gasteiger partial charge in [-0.05, 0) is 75.8 Å². The Morgan fingerprint density at radius 2 is 1.65 bits per heavy atom. The summed E-state index contributed by atoms with van der Waals surface area (Å²) in [5, 5.41) is 0. The van der Waals surface area contributed by atoms with Crippen molar-refractivity contribution in [1.82, 2.24) is 9.80 Å². The van der Waals surface area contributed by atoms with E-state index in [1.54, 1.807) is 5.57 Å². The third-order valence-electron chi connectivity index (χ3n) is 6.02. The summed E-state index contributed by atoms with van der Waals surface area (Å²) in [6, 6.07) is 9.77. The van der Waals surface area contributed by atoms with Gasteiger partial charge < -0.3 is 4.90 Å². The van der Waals surface area contributed by atoms with E-state index >= 15 is 0 Å². The molecule has 2 heteroatoms. The maximum Gasteiger partial charge on any atom is 0.0196 e. The molecule has 0 unspecified atom stereocenters. The highest BCUT2D eigenvalue weighted by molar-refractivity contribution is 5.59. The minimum atomic E-state index is 0.868. The molecule has 2 fully saturated rings. The Hall–Kier alpha value is -1.12. The molecule has 1 aliphatic carbocycles. The summed E-state index contributed by atoms with van der Waals surface area (Å²) < 4.78 is 0. The molecule has 0 spiro atoms. The average Bonchev–Trinajstić information content (AvgIpc) is 2.63. The fourth-order valence-electron chi connectivity index (χ4n) is 4.63. The second-order valence-corrected chi connectivity index (χ2v) is 7.61. The second-order valence-electron chi connectivity index (χ2n) is 7.61. The van der Waals surface area contributed by atoms with E-state index in [0.29, 0.717) is 0 Å². The highest BCUT2D eigenvalue weighted by Crippen LogP contribution is 2.26. The van der Waals surface area contributed by atoms with Crippen molar-refractivity contribution in [2.75, 3.05) is 32.7 Å². The van der Waals surface area contributed by atoms with Crippen molar-refractivity contribution in [1.29, 1.82) is 0 Å². The molecule has 4 rings (SSSR count). The number of likely N-dealkylation sites (tertiary alicyclic amines) is 2. The summed E-state index contributed by atoms with van der Waals surface area (Å²) in [6.07, 6.45) is 12.0. The summed E-state index contributed by atoms with van der Waals surface area (Å²) in [6.45, 7) is 6.49. The Morgan fingerprint density at radius 1 is 0.870 bits per heavy atom. The Labute approximate surface area is 141 Å². The fourth-order valence-corrected chi connectivity index (χ4v) is 4.63. The van der Waals surface area contributed by atoms with Crippen molar-refractivity contribution in [3.05, 3.63) is 41.0 Å². The van der Waals surface area contributed by atoms with Crippen LogP contribution in [0, 0.1) is 0 Å². The minimum absolute atomic E-state index is 0.868. The van der Waals surface area contributed by atoms with Crippen LogP contribution in [0.4, 0.5) is 0 Å². The van der Waals surface area contributed by atoms with Crippen molar-refractivity contribution in [2.45, 2.75) is 51.0 Å². The molecule has 2 heterocycles. The third kappa shape index (κ3) is 3.70. The molecular formula is C21H30N2. The highest BCUT2D eigenvalue weighted by Gasteiger charge is 2.26. The summed E-state index contributed by atoms with van der Waals surface area (Å²) in [5.74, 6) is 0. The molecule has 2 nitrogen and oxygen atoms in total. The monoisotopic (exact) mass is 310 g/mol. The average molecular weight is 310 g/mol. The van der Waals surface area contributed by atoms with Crippen LogP contribution < -0.4 is 0 Å². The van der Waals surface area contributed by atoms with Gasteiger partial charge in [0.05, 0.1) is 0 Å². The third-order valence-corrected chi connectivity index (χ3v) is 6.02. The number of aryl methyl sites for hydroxylation is 1. The first kappa shape index (κ1) is 15.4. The van der Waals surface area contributed by atoms with Gasteiger partial charge in [0.15, 0.2) is 0 Å². The van der Waals surface area contributed by atoms with E-state index in [0.717, 1.165) is 6.04 Å². The van der Waals surface area contributed by atoms with Crippen LogP contribution in [0.1, 0.15) is 49.7 Å². The molecule has 0 aromatic heterocycles. The zero-order valence-corrected chi connectivity index (χ0v) is 14.3. The van der Waals surface area contributed by atoms with Crippen LogP contribution in [-0.4, -0.2) is 48.6 Å². The van der Waals surface area contributed by atoms with Crippen LogP contribution in [-0.2, 0) is 6.42 Å². The molecule has 1 aromatic carbocycles. The van der Waals surface area contributed by atoms with Crippen LogP contribution in [0.5, 0.6) is 0 Å². The van der Waals surface area contributed by atoms with Gasteiger partial charge in [0.25, 0.3) is 0 Å². The lowest BCUT2D eigenvalue weighted by Gasteiger charge is -2.40. The summed E-state index contributed by atoms with van der Waals surface area (Å²) in [5.41, 5.74) is 4.62. The van der Waals surface area contributed by atoms with Gasteiger partial charge in [-0.2, -0.15) is 0 Å². The molecule has 2 aliphatic heterocycles. The van der Waals surface area contributed by atoms with E-state index in [9.17, 15) is 0 Å². The molecule has 0 amide bonds. The van der Waals surface area contributed by atoms with Crippen LogP contribution in [0.2, 0.25) is 0 Å². The lowest BCUT2D eigenvalue weighted by Crippen LogP contribution is -2.47. The van der Waals surface area contributed by atoms with E-state index in [2.05, 4.69) is 40.1 Å². The predicted octanol–water partition coefficient (Wildman–Crippen LogP) is 3.97. The first-order valence-corrected chi connectivity index (χ1v) is 9.62. The van der Waals surface area contributed by atoms with Gasteiger partial charge in [0, 0.05) is 12.6 Å². The predicted molar refractivity (Wildman–Crippen MR) is 97.6 cm³/mol. The molecule has 0 saturated carbocycles. The number of piperidine rings is 2. The Balaban J connectivity index is 1.31. The van der Waals surface area contributed by atoms with E-state index in [1.807, 2.05) is 0 Å². The summed E-state index contributed by atoms with van der Waals surface area (Å²) in [4.78, 5) is 5.47. The van der Waals surface area contributed by atoms with Crippen molar-refractivity contribution in [2.24, 2.45) is 0 Å². The number of fused-ring (bicyclic) bond motifs is 1. The molecule has 3 aliphatic rings. The number of nitrogens with zero attached hydrogens (tertiary/aromatic N) is 2. The molecule has 0 radical (unpaired) electrons. The maximum absolute atomic E-state index is 2.77. The van der Waals surface area contributed by atoms with E-state index < -0.39 is 0 Å². The standard InChI is InChI=1S/C21H30N2/c1-4-12-23(13-5-1)21-10-14-22(15-11-21)17-18-8-9-19-6-2-3-7-20(19)16-18/h2-3,6-7,16,21H,1,4-5,8-15,17H2. The van der Waals surface area contributed by atoms with Crippen LogP contribution in [0.3, 0.4) is 0 Å². The maximum atomic E-state index is 2.77. The zero-order valence-electron chi connectivity index (χ0n) is 14.3. The largest absolute Gasteiger partial charge is 0.300 e. The molecule has 124 valence electrons. The van der Waals surface area contributed by atoms with Crippen molar-refractivity contribution < 1.29 is 0 Å². The van der Waals surface area contributed by atoms with Crippen LogP contribution in [0.15, 0.2) is 29.8 Å². The minimum Gasteiger partial charge on any atom is -0.300 e. The van der Waals surface area contributed by atoms with Gasteiger partial charge >= 0.3 is 0 Å². The molecule has 0 bridgehead atoms. The van der Waals surface area contributed by atoms with E-state index in [4.69, 9.17) is 0 Å². The van der Waals surface area contributed by atoms with E-state index in [1.165, 1.54) is 88.8 Å².